The molecule has 4 rings (SSSR count). The van der Waals surface area contributed by atoms with Gasteiger partial charge in [-0.25, -0.2) is 9.59 Å². The van der Waals surface area contributed by atoms with Crippen molar-refractivity contribution in [1.29, 1.82) is 0 Å². The van der Waals surface area contributed by atoms with Gasteiger partial charge in [0.15, 0.2) is 0 Å². The first-order valence-electron chi connectivity index (χ1n) is 11.8. The molecule has 0 saturated carbocycles. The molecule has 0 aliphatic carbocycles. The summed E-state index contributed by atoms with van der Waals surface area (Å²) in [4.78, 5) is 31.6. The van der Waals surface area contributed by atoms with Gasteiger partial charge in [-0.1, -0.05) is 11.6 Å². The van der Waals surface area contributed by atoms with E-state index in [1.54, 1.807) is 68.7 Å². The van der Waals surface area contributed by atoms with E-state index in [1.807, 2.05) is 0 Å². The number of aromatic nitrogens is 2. The van der Waals surface area contributed by atoms with Crippen molar-refractivity contribution in [2.75, 3.05) is 24.7 Å². The Labute approximate surface area is 230 Å². The van der Waals surface area contributed by atoms with E-state index < -0.39 is 11.9 Å². The number of nitrogens with zero attached hydrogens (tertiary/aromatic N) is 2. The fourth-order valence-corrected chi connectivity index (χ4v) is 3.28. The summed E-state index contributed by atoms with van der Waals surface area (Å²) in [7, 11) is 0. The zero-order chi connectivity index (χ0) is 28.2. The predicted octanol–water partition coefficient (Wildman–Crippen LogP) is 5.92. The van der Waals surface area contributed by atoms with Crippen LogP contribution in [0.3, 0.4) is 0 Å². The van der Waals surface area contributed by atoms with Crippen molar-refractivity contribution in [3.63, 3.8) is 0 Å². The van der Waals surface area contributed by atoms with Crippen molar-refractivity contribution in [2.45, 2.75) is 13.8 Å². The van der Waals surface area contributed by atoms with Crippen molar-refractivity contribution in [3.8, 4) is 23.0 Å². The number of anilines is 2. The van der Waals surface area contributed by atoms with E-state index in [0.29, 0.717) is 51.6 Å². The summed E-state index contributed by atoms with van der Waals surface area (Å²) in [6, 6.07) is 14.7. The van der Waals surface area contributed by atoms with E-state index in [0.717, 1.165) is 0 Å². The fraction of sp³-hybridized carbons (Fsp3) is 0.143. The molecule has 4 N–H and O–H groups in total. The molecule has 10 nitrogen and oxygen atoms in total. The van der Waals surface area contributed by atoms with E-state index in [1.165, 1.54) is 24.5 Å². The van der Waals surface area contributed by atoms with E-state index in [4.69, 9.17) is 42.0 Å². The summed E-state index contributed by atoms with van der Waals surface area (Å²) >= 11 is 5.83. The molecular weight excluding hydrogens is 524 g/mol. The van der Waals surface area contributed by atoms with Crippen molar-refractivity contribution in [1.82, 2.24) is 9.97 Å². The number of esters is 2. The number of rotatable bonds is 8. The Morgan fingerprint density at radius 1 is 0.744 bits per heavy atom. The monoisotopic (exact) mass is 550 g/mol. The maximum absolute atomic E-state index is 11.9. The molecule has 0 atom stereocenters. The average Bonchev–Trinajstić information content (AvgIpc) is 2.92. The number of carbonyl (C=O) groups is 2. The Morgan fingerprint density at radius 2 is 1.28 bits per heavy atom. The minimum Gasteiger partial charge on any atom is -0.462 e. The highest BCUT2D eigenvalue weighted by molar-refractivity contribution is 6.30. The van der Waals surface area contributed by atoms with Crippen molar-refractivity contribution < 1.29 is 28.5 Å². The number of carbonyl (C=O) groups excluding carboxylic acids is 2. The van der Waals surface area contributed by atoms with Gasteiger partial charge < -0.3 is 30.4 Å². The van der Waals surface area contributed by atoms with Gasteiger partial charge in [0.05, 0.1) is 30.6 Å². The molecule has 0 radical (unpaired) electrons. The molecule has 4 aromatic rings. The first-order chi connectivity index (χ1) is 18.8. The number of hydrogen-bond donors (Lipinski definition) is 2. The second kappa shape index (κ2) is 14.2. The zero-order valence-electron chi connectivity index (χ0n) is 21.3. The summed E-state index contributed by atoms with van der Waals surface area (Å²) in [5.74, 6) is 0.728. The Balaban J connectivity index is 0.000000216. The average molecular weight is 551 g/mol. The molecule has 0 saturated heterocycles. The second-order valence-electron chi connectivity index (χ2n) is 7.68. The third-order valence-electron chi connectivity index (χ3n) is 4.77. The van der Waals surface area contributed by atoms with Crippen molar-refractivity contribution >= 4 is 34.9 Å². The first kappa shape index (κ1) is 28.7. The number of nitrogens with two attached hydrogens (primary N) is 2. The molecule has 0 spiro atoms. The van der Waals surface area contributed by atoms with E-state index >= 15 is 0 Å². The van der Waals surface area contributed by atoms with Crippen LogP contribution in [-0.4, -0.2) is 35.1 Å². The van der Waals surface area contributed by atoms with Crippen molar-refractivity contribution in [3.05, 3.63) is 95.5 Å². The van der Waals surface area contributed by atoms with Gasteiger partial charge in [0.25, 0.3) is 0 Å². The molecule has 11 heteroatoms. The van der Waals surface area contributed by atoms with Crippen LogP contribution in [0.25, 0.3) is 0 Å². The van der Waals surface area contributed by atoms with Gasteiger partial charge in [0, 0.05) is 29.8 Å². The van der Waals surface area contributed by atoms with Gasteiger partial charge in [-0.15, -0.1) is 0 Å². The van der Waals surface area contributed by atoms with Crippen LogP contribution in [0.4, 0.5) is 11.4 Å². The van der Waals surface area contributed by atoms with Gasteiger partial charge in [-0.2, -0.15) is 0 Å². The highest BCUT2D eigenvalue weighted by Gasteiger charge is 2.16. The van der Waals surface area contributed by atoms with E-state index in [9.17, 15) is 9.59 Å². The Kier molecular flexibility index (Phi) is 10.5. The fourth-order valence-electron chi connectivity index (χ4n) is 3.12. The predicted molar refractivity (Wildman–Crippen MR) is 147 cm³/mol. The van der Waals surface area contributed by atoms with Gasteiger partial charge in [-0.3, -0.25) is 9.97 Å². The standard InChI is InChI=1S/C14H13ClN2O3.C14H14N2O3/c1-2-19-14(18)12-6-10(16)3-4-13(12)20-11-5-9(15)7-17-8-11;1-2-18-14(17)12-8-10(15)5-6-13(12)19-11-4-3-7-16-9-11/h3-8H,2,16H2,1H3;3-9H,2,15H2,1H3. The number of halogens is 1. The molecule has 39 heavy (non-hydrogen) atoms. The molecule has 0 aliphatic heterocycles. The lowest BCUT2D eigenvalue weighted by atomic mass is 10.2. The summed E-state index contributed by atoms with van der Waals surface area (Å²) in [5, 5.41) is 0.440. The quantitative estimate of drug-likeness (QED) is 0.200. The lowest BCUT2D eigenvalue weighted by Gasteiger charge is -2.11. The maximum Gasteiger partial charge on any atom is 0.342 e. The van der Waals surface area contributed by atoms with E-state index in [-0.39, 0.29) is 12.2 Å². The third kappa shape index (κ3) is 8.61. The highest BCUT2D eigenvalue weighted by Crippen LogP contribution is 2.29. The number of hydrogen-bond acceptors (Lipinski definition) is 10. The van der Waals surface area contributed by atoms with Gasteiger partial charge in [0.1, 0.15) is 34.1 Å². The van der Waals surface area contributed by atoms with Crippen LogP contribution in [0, 0.1) is 0 Å². The van der Waals surface area contributed by atoms with Crippen LogP contribution in [0.5, 0.6) is 23.0 Å². The molecule has 202 valence electrons. The van der Waals surface area contributed by atoms with Gasteiger partial charge in [-0.05, 0) is 62.4 Å². The lowest BCUT2D eigenvalue weighted by molar-refractivity contribution is 0.0513. The molecule has 2 aromatic heterocycles. The first-order valence-corrected chi connectivity index (χ1v) is 12.2. The zero-order valence-corrected chi connectivity index (χ0v) is 22.1. The molecule has 0 unspecified atom stereocenters. The van der Waals surface area contributed by atoms with Crippen molar-refractivity contribution in [2.24, 2.45) is 0 Å². The van der Waals surface area contributed by atoms with Crippen LogP contribution in [0.15, 0.2) is 79.4 Å². The molecule has 0 fully saturated rings. The molecular formula is C28H27ClN4O6. The third-order valence-corrected chi connectivity index (χ3v) is 4.97. The van der Waals surface area contributed by atoms with Crippen LogP contribution in [0.1, 0.15) is 34.6 Å². The minimum atomic E-state index is -0.496. The molecule has 2 aromatic carbocycles. The Morgan fingerprint density at radius 3 is 1.77 bits per heavy atom. The van der Waals surface area contributed by atoms with Gasteiger partial charge >= 0.3 is 11.9 Å². The lowest BCUT2D eigenvalue weighted by Crippen LogP contribution is -2.07. The van der Waals surface area contributed by atoms with Crippen LogP contribution in [-0.2, 0) is 9.47 Å². The minimum absolute atomic E-state index is 0.256. The number of ether oxygens (including phenoxy) is 4. The van der Waals surface area contributed by atoms with Crippen LogP contribution < -0.4 is 20.9 Å². The van der Waals surface area contributed by atoms with Crippen LogP contribution in [0.2, 0.25) is 5.02 Å². The summed E-state index contributed by atoms with van der Waals surface area (Å²) in [5.41, 5.74) is 12.8. The Hall–Kier alpha value is -4.83. The largest absolute Gasteiger partial charge is 0.462 e. The topological polar surface area (TPSA) is 149 Å². The number of pyridine rings is 2. The molecule has 0 bridgehead atoms. The SMILES string of the molecule is CCOC(=O)c1cc(N)ccc1Oc1cccnc1.CCOC(=O)c1cc(N)ccc1Oc1cncc(Cl)c1. The normalized spacial score (nSPS) is 10.0. The molecule has 2 heterocycles. The highest BCUT2D eigenvalue weighted by atomic mass is 35.5. The number of benzene rings is 2. The smallest absolute Gasteiger partial charge is 0.342 e. The van der Waals surface area contributed by atoms with Gasteiger partial charge in [0.2, 0.25) is 0 Å². The summed E-state index contributed by atoms with van der Waals surface area (Å²) < 4.78 is 21.2. The molecule has 0 aliphatic rings. The molecule has 0 amide bonds. The maximum atomic E-state index is 11.9. The number of nitrogen functional groups attached to an aromatic ring is 2. The van der Waals surface area contributed by atoms with E-state index in [2.05, 4.69) is 9.97 Å². The summed E-state index contributed by atoms with van der Waals surface area (Å²) in [6.07, 6.45) is 6.19. The van der Waals surface area contributed by atoms with Crippen LogP contribution >= 0.6 is 11.6 Å². The second-order valence-corrected chi connectivity index (χ2v) is 8.12. The Bertz CT molecular complexity index is 1420. The summed E-state index contributed by atoms with van der Waals surface area (Å²) in [6.45, 7) is 4.03.